The minimum atomic E-state index is -4.59. The molecular formula is C38H37F3N6O5. The third kappa shape index (κ3) is 7.55. The van der Waals surface area contributed by atoms with E-state index in [0.29, 0.717) is 59.8 Å². The summed E-state index contributed by atoms with van der Waals surface area (Å²) >= 11 is 0. The second-order valence-electron chi connectivity index (χ2n) is 12.5. The molecule has 3 N–H and O–H groups in total. The molecule has 2 aromatic carbocycles. The number of aliphatic carboxylic acids is 1. The number of carbonyl (C=O) groups excluding carboxylic acids is 1. The van der Waals surface area contributed by atoms with Gasteiger partial charge in [0.05, 0.1) is 42.6 Å². The Balaban J connectivity index is 1.41. The number of benzene rings is 2. The summed E-state index contributed by atoms with van der Waals surface area (Å²) in [6.45, 7) is 4.28. The molecule has 2 atom stereocenters. The van der Waals surface area contributed by atoms with Crippen LogP contribution in [0.3, 0.4) is 0 Å². The number of halogens is 3. The summed E-state index contributed by atoms with van der Waals surface area (Å²) < 4.78 is 52.5. The van der Waals surface area contributed by atoms with E-state index in [0.717, 1.165) is 47.8 Å². The molecule has 0 radical (unpaired) electrons. The summed E-state index contributed by atoms with van der Waals surface area (Å²) in [5.41, 5.74) is 2.97. The average molecular weight is 715 g/mol. The van der Waals surface area contributed by atoms with E-state index in [4.69, 9.17) is 19.6 Å². The lowest BCUT2D eigenvalue weighted by atomic mass is 9.85. The first-order valence-corrected chi connectivity index (χ1v) is 16.6. The molecule has 1 saturated carbocycles. The molecule has 0 saturated heterocycles. The van der Waals surface area contributed by atoms with Gasteiger partial charge in [-0.2, -0.15) is 18.3 Å². The van der Waals surface area contributed by atoms with Crippen molar-refractivity contribution in [3.05, 3.63) is 102 Å². The number of nitrogens with zero attached hydrogens (tertiary/aromatic N) is 4. The number of pyridine rings is 2. The highest BCUT2D eigenvalue weighted by Crippen LogP contribution is 2.41. The van der Waals surface area contributed by atoms with Crippen LogP contribution < -0.4 is 20.1 Å². The maximum atomic E-state index is 13.2. The molecule has 11 nitrogen and oxygen atoms in total. The van der Waals surface area contributed by atoms with E-state index >= 15 is 0 Å². The van der Waals surface area contributed by atoms with Gasteiger partial charge < -0.3 is 25.2 Å². The second-order valence-corrected chi connectivity index (χ2v) is 12.5. The van der Waals surface area contributed by atoms with E-state index in [2.05, 4.69) is 22.2 Å². The van der Waals surface area contributed by atoms with Crippen molar-refractivity contribution in [2.24, 2.45) is 5.92 Å². The monoisotopic (exact) mass is 714 g/mol. The first kappa shape index (κ1) is 35.9. The van der Waals surface area contributed by atoms with Crippen LogP contribution in [0.4, 0.5) is 24.8 Å². The van der Waals surface area contributed by atoms with Gasteiger partial charge in [0, 0.05) is 47.3 Å². The van der Waals surface area contributed by atoms with Crippen molar-refractivity contribution in [3.63, 3.8) is 0 Å². The summed E-state index contributed by atoms with van der Waals surface area (Å²) in [6.07, 6.45) is 2.90. The van der Waals surface area contributed by atoms with E-state index in [1.165, 1.54) is 0 Å². The highest BCUT2D eigenvalue weighted by molar-refractivity contribution is 6.05. The lowest BCUT2D eigenvalue weighted by Gasteiger charge is -2.27. The van der Waals surface area contributed by atoms with Gasteiger partial charge in [-0.15, -0.1) is 6.58 Å². The molecule has 6 rings (SSSR count). The number of rotatable bonds is 12. The number of hydrogen-bond donors (Lipinski definition) is 3. The Morgan fingerprint density at radius 3 is 2.52 bits per heavy atom. The molecule has 1 amide bonds. The molecule has 1 fully saturated rings. The first-order chi connectivity index (χ1) is 25.0. The van der Waals surface area contributed by atoms with Crippen LogP contribution >= 0.6 is 0 Å². The van der Waals surface area contributed by atoms with Crippen LogP contribution in [0.25, 0.3) is 22.2 Å². The van der Waals surface area contributed by atoms with Crippen molar-refractivity contribution < 1.29 is 37.3 Å². The molecule has 0 bridgehead atoms. The Morgan fingerprint density at radius 2 is 1.83 bits per heavy atom. The van der Waals surface area contributed by atoms with Crippen molar-refractivity contribution in [2.45, 2.75) is 50.9 Å². The van der Waals surface area contributed by atoms with Crippen molar-refractivity contribution >= 4 is 34.4 Å². The van der Waals surface area contributed by atoms with Crippen LogP contribution in [0.1, 0.15) is 58.8 Å². The number of ether oxygens (including phenoxy) is 2. The Kier molecular flexibility index (Phi) is 10.4. The van der Waals surface area contributed by atoms with Gasteiger partial charge in [-0.05, 0) is 62.1 Å². The molecule has 14 heteroatoms. The van der Waals surface area contributed by atoms with Crippen LogP contribution in [-0.2, 0) is 23.9 Å². The number of carboxylic acids is 1. The lowest BCUT2D eigenvalue weighted by Crippen LogP contribution is -2.25. The van der Waals surface area contributed by atoms with Crippen molar-refractivity contribution in [1.82, 2.24) is 19.7 Å². The Hall–Kier alpha value is -5.92. The normalized spacial score (nSPS) is 15.9. The van der Waals surface area contributed by atoms with Crippen LogP contribution in [-0.4, -0.2) is 51.0 Å². The molecule has 0 spiro atoms. The molecule has 3 aromatic heterocycles. The predicted octanol–water partition coefficient (Wildman–Crippen LogP) is 7.94. The molecule has 270 valence electrons. The number of alkyl halides is 3. The van der Waals surface area contributed by atoms with Crippen LogP contribution in [0.5, 0.6) is 11.5 Å². The average Bonchev–Trinajstić information content (AvgIpc) is 3.56. The van der Waals surface area contributed by atoms with Crippen LogP contribution in [0.15, 0.2) is 79.6 Å². The number of nitrogens with one attached hydrogen (secondary N) is 2. The van der Waals surface area contributed by atoms with Gasteiger partial charge in [0.2, 0.25) is 0 Å². The minimum absolute atomic E-state index is 0.193. The van der Waals surface area contributed by atoms with Gasteiger partial charge in [0.25, 0.3) is 5.91 Å². The van der Waals surface area contributed by atoms with E-state index in [1.54, 1.807) is 56.8 Å². The third-order valence-corrected chi connectivity index (χ3v) is 9.20. The lowest BCUT2D eigenvalue weighted by molar-refractivity contribution is -0.143. The van der Waals surface area contributed by atoms with Gasteiger partial charge in [0.15, 0.2) is 0 Å². The topological polar surface area (TPSA) is 140 Å². The number of carbonyl (C=O) groups is 2. The molecular weight excluding hydrogens is 677 g/mol. The molecule has 3 heterocycles. The standard InChI is InChI=1S/C38H37F3N6O5/c1-4-6-26-21-44-35(43-20-25-13-14-29(51-2)19-30(25)52-3)32-33(46-47(34(26)32)28-8-5-7-24(17-28)37(49)50)22-9-11-23(12-10-22)36(48)45-31-18-27(15-16-42-31)38(39,40)41/h4,9-16,18-19,21,24,28H,1,5-8,17,20H2,2-3H3,(H,43,44)(H,49,50)(H,42,45,48). The molecule has 5 aromatic rings. The van der Waals surface area contributed by atoms with E-state index in [-0.39, 0.29) is 17.4 Å². The number of fused-ring (bicyclic) bond motifs is 1. The molecule has 0 aliphatic heterocycles. The van der Waals surface area contributed by atoms with Crippen molar-refractivity contribution in [1.29, 1.82) is 0 Å². The number of methoxy groups -OCH3 is 2. The largest absolute Gasteiger partial charge is 0.497 e. The van der Waals surface area contributed by atoms with E-state index < -0.39 is 29.5 Å². The minimum Gasteiger partial charge on any atom is -0.497 e. The van der Waals surface area contributed by atoms with Crippen LogP contribution in [0, 0.1) is 5.92 Å². The maximum Gasteiger partial charge on any atom is 0.416 e. The van der Waals surface area contributed by atoms with E-state index in [9.17, 15) is 27.9 Å². The first-order valence-electron chi connectivity index (χ1n) is 16.6. The fourth-order valence-corrected chi connectivity index (χ4v) is 6.57. The van der Waals surface area contributed by atoms with Gasteiger partial charge in [-0.3, -0.25) is 14.3 Å². The number of aromatic nitrogens is 4. The Labute approximate surface area is 297 Å². The molecule has 1 aliphatic rings. The van der Waals surface area contributed by atoms with Gasteiger partial charge >= 0.3 is 12.1 Å². The quantitative estimate of drug-likeness (QED) is 0.110. The summed E-state index contributed by atoms with van der Waals surface area (Å²) in [5.74, 6) is -0.404. The van der Waals surface area contributed by atoms with E-state index in [1.807, 2.05) is 16.8 Å². The fourth-order valence-electron chi connectivity index (χ4n) is 6.57. The number of carboxylic acid groups (broad SMARTS) is 1. The highest BCUT2D eigenvalue weighted by Gasteiger charge is 2.32. The van der Waals surface area contributed by atoms with Crippen molar-refractivity contribution in [2.75, 3.05) is 24.9 Å². The smallest absolute Gasteiger partial charge is 0.416 e. The second kappa shape index (κ2) is 15.1. The van der Waals surface area contributed by atoms with Crippen LogP contribution in [0.2, 0.25) is 0 Å². The zero-order chi connectivity index (χ0) is 37.0. The van der Waals surface area contributed by atoms with Crippen molar-refractivity contribution in [3.8, 4) is 22.8 Å². The number of amides is 1. The summed E-state index contributed by atoms with van der Waals surface area (Å²) in [4.78, 5) is 33.8. The SMILES string of the molecule is C=CCc1cnc(NCc2ccc(OC)cc2OC)c2c(-c3ccc(C(=O)Nc4cc(C(F)(F)F)ccn4)cc3)nn(C3CCCC(C(=O)O)C3)c12. The number of anilines is 2. The molecule has 52 heavy (non-hydrogen) atoms. The molecule has 2 unspecified atom stereocenters. The maximum absolute atomic E-state index is 13.2. The van der Waals surface area contributed by atoms with Gasteiger partial charge in [-0.25, -0.2) is 9.97 Å². The molecule has 1 aliphatic carbocycles. The highest BCUT2D eigenvalue weighted by atomic mass is 19.4. The Bertz CT molecular complexity index is 2120. The summed E-state index contributed by atoms with van der Waals surface area (Å²) in [5, 5.41) is 21.6. The fraction of sp³-hybridized carbons (Fsp3) is 0.289. The number of hydrogen-bond acceptors (Lipinski definition) is 8. The summed E-state index contributed by atoms with van der Waals surface area (Å²) in [6, 6.07) is 13.4. The zero-order valence-corrected chi connectivity index (χ0v) is 28.5. The third-order valence-electron chi connectivity index (χ3n) is 9.20. The Morgan fingerprint density at radius 1 is 1.04 bits per heavy atom. The number of allylic oxidation sites excluding steroid dienone is 1. The van der Waals surface area contributed by atoms with Gasteiger partial charge in [0.1, 0.15) is 28.8 Å². The van der Waals surface area contributed by atoms with Gasteiger partial charge in [-0.1, -0.05) is 24.6 Å². The summed E-state index contributed by atoms with van der Waals surface area (Å²) in [7, 11) is 3.16. The zero-order valence-electron chi connectivity index (χ0n) is 28.5. The predicted molar refractivity (Wildman–Crippen MR) is 190 cm³/mol.